The van der Waals surface area contributed by atoms with E-state index in [0.29, 0.717) is 5.92 Å². The molecule has 1 aliphatic heterocycles. The highest BCUT2D eigenvalue weighted by Gasteiger charge is 2.16. The van der Waals surface area contributed by atoms with Crippen molar-refractivity contribution < 1.29 is 0 Å². The predicted octanol–water partition coefficient (Wildman–Crippen LogP) is 1.96. The lowest BCUT2D eigenvalue weighted by atomic mass is 9.99. The zero-order chi connectivity index (χ0) is 9.26. The number of nitrogens with one attached hydrogen (secondary N) is 1. The van der Waals surface area contributed by atoms with Gasteiger partial charge in [0.1, 0.15) is 12.1 Å². The molecule has 70 valence electrons. The van der Waals surface area contributed by atoms with Gasteiger partial charge in [-0.25, -0.2) is 9.97 Å². The van der Waals surface area contributed by atoms with E-state index in [4.69, 9.17) is 0 Å². The molecule has 0 saturated carbocycles. The third kappa shape index (κ3) is 1.50. The van der Waals surface area contributed by atoms with Gasteiger partial charge in [-0.1, -0.05) is 13.8 Å². The van der Waals surface area contributed by atoms with Crippen LogP contribution in [-0.4, -0.2) is 16.5 Å². The van der Waals surface area contributed by atoms with Crippen molar-refractivity contribution in [2.24, 2.45) is 0 Å². The van der Waals surface area contributed by atoms with Gasteiger partial charge in [-0.05, 0) is 18.8 Å². The van der Waals surface area contributed by atoms with Gasteiger partial charge >= 0.3 is 0 Å². The van der Waals surface area contributed by atoms with Crippen LogP contribution in [0.15, 0.2) is 6.33 Å². The Morgan fingerprint density at radius 2 is 2.23 bits per heavy atom. The van der Waals surface area contributed by atoms with Crippen LogP contribution in [0, 0.1) is 0 Å². The second-order valence-electron chi connectivity index (χ2n) is 3.77. The fourth-order valence-corrected chi connectivity index (χ4v) is 1.79. The van der Waals surface area contributed by atoms with E-state index in [1.165, 1.54) is 17.7 Å². The minimum atomic E-state index is 0.497. The molecule has 1 N–H and O–H groups in total. The Labute approximate surface area is 78.6 Å². The third-order valence-electron chi connectivity index (χ3n) is 2.42. The van der Waals surface area contributed by atoms with E-state index in [9.17, 15) is 0 Å². The first kappa shape index (κ1) is 8.48. The van der Waals surface area contributed by atoms with Crippen LogP contribution in [0.5, 0.6) is 0 Å². The van der Waals surface area contributed by atoms with Gasteiger partial charge in [-0.2, -0.15) is 0 Å². The van der Waals surface area contributed by atoms with Crippen molar-refractivity contribution in [3.63, 3.8) is 0 Å². The summed E-state index contributed by atoms with van der Waals surface area (Å²) in [5.74, 6) is 1.54. The number of rotatable bonds is 1. The molecule has 0 bridgehead atoms. The molecule has 1 aliphatic rings. The van der Waals surface area contributed by atoms with E-state index in [1.807, 2.05) is 0 Å². The molecule has 13 heavy (non-hydrogen) atoms. The molecule has 0 amide bonds. The van der Waals surface area contributed by atoms with Crippen LogP contribution in [0.4, 0.5) is 5.82 Å². The number of aromatic nitrogens is 2. The van der Waals surface area contributed by atoms with Gasteiger partial charge in [0, 0.05) is 12.1 Å². The molecule has 0 atom stereocenters. The molecule has 1 aromatic heterocycles. The molecule has 3 heteroatoms. The molecule has 2 rings (SSSR count). The summed E-state index contributed by atoms with van der Waals surface area (Å²) in [6.45, 7) is 5.40. The van der Waals surface area contributed by atoms with Gasteiger partial charge in [-0.3, -0.25) is 0 Å². The molecule has 0 spiro atoms. The molecular formula is C10H15N3. The normalized spacial score (nSPS) is 15.3. The summed E-state index contributed by atoms with van der Waals surface area (Å²) < 4.78 is 0. The molecule has 0 radical (unpaired) electrons. The molecule has 0 fully saturated rings. The van der Waals surface area contributed by atoms with Crippen molar-refractivity contribution in [2.45, 2.75) is 32.6 Å². The Balaban J connectivity index is 2.46. The summed E-state index contributed by atoms with van der Waals surface area (Å²) in [6.07, 6.45) is 3.98. The lowest BCUT2D eigenvalue weighted by Gasteiger charge is -2.20. The first-order valence-electron chi connectivity index (χ1n) is 4.86. The van der Waals surface area contributed by atoms with Crippen LogP contribution in [-0.2, 0) is 6.42 Å². The lowest BCUT2D eigenvalue weighted by molar-refractivity contribution is 0.741. The monoisotopic (exact) mass is 177 g/mol. The Bertz CT molecular complexity index is 307. The Hall–Kier alpha value is -1.12. The maximum Gasteiger partial charge on any atom is 0.132 e. The van der Waals surface area contributed by atoms with Crippen LogP contribution in [0.3, 0.4) is 0 Å². The number of hydrogen-bond donors (Lipinski definition) is 1. The van der Waals surface area contributed by atoms with E-state index in [0.717, 1.165) is 18.8 Å². The Morgan fingerprint density at radius 3 is 3.00 bits per heavy atom. The van der Waals surface area contributed by atoms with Gasteiger partial charge < -0.3 is 5.32 Å². The van der Waals surface area contributed by atoms with Gasteiger partial charge in [-0.15, -0.1) is 0 Å². The zero-order valence-corrected chi connectivity index (χ0v) is 8.17. The number of fused-ring (bicyclic) bond motifs is 1. The second-order valence-corrected chi connectivity index (χ2v) is 3.77. The topological polar surface area (TPSA) is 37.8 Å². The van der Waals surface area contributed by atoms with Crippen LogP contribution in [0.25, 0.3) is 0 Å². The van der Waals surface area contributed by atoms with Gasteiger partial charge in [0.15, 0.2) is 0 Å². The fourth-order valence-electron chi connectivity index (χ4n) is 1.79. The van der Waals surface area contributed by atoms with E-state index in [-0.39, 0.29) is 0 Å². The quantitative estimate of drug-likeness (QED) is 0.712. The number of nitrogens with zero attached hydrogens (tertiary/aromatic N) is 2. The Morgan fingerprint density at radius 1 is 1.38 bits per heavy atom. The largest absolute Gasteiger partial charge is 0.370 e. The van der Waals surface area contributed by atoms with Crippen molar-refractivity contribution >= 4 is 5.82 Å². The van der Waals surface area contributed by atoms with Gasteiger partial charge in [0.2, 0.25) is 0 Å². The van der Waals surface area contributed by atoms with E-state index in [1.54, 1.807) is 6.33 Å². The van der Waals surface area contributed by atoms with Gasteiger partial charge in [0.25, 0.3) is 0 Å². The van der Waals surface area contributed by atoms with Crippen molar-refractivity contribution in [2.75, 3.05) is 11.9 Å². The highest BCUT2D eigenvalue weighted by Crippen LogP contribution is 2.25. The standard InChI is InChI=1S/C10H15N3/c1-7(2)9-8-4-3-5-11-10(8)13-6-12-9/h6-7H,3-5H2,1-2H3,(H,11,12,13). The second kappa shape index (κ2) is 3.32. The minimum absolute atomic E-state index is 0.497. The van der Waals surface area contributed by atoms with Crippen molar-refractivity contribution in [1.29, 1.82) is 0 Å². The van der Waals surface area contributed by atoms with Crippen LogP contribution >= 0.6 is 0 Å². The summed E-state index contributed by atoms with van der Waals surface area (Å²) in [6, 6.07) is 0. The molecule has 0 unspecified atom stereocenters. The summed E-state index contributed by atoms with van der Waals surface area (Å²) in [5.41, 5.74) is 2.53. The van der Waals surface area contributed by atoms with Crippen LogP contribution in [0.2, 0.25) is 0 Å². The molecule has 1 aromatic rings. The van der Waals surface area contributed by atoms with E-state index >= 15 is 0 Å². The summed E-state index contributed by atoms with van der Waals surface area (Å²) >= 11 is 0. The minimum Gasteiger partial charge on any atom is -0.370 e. The highest BCUT2D eigenvalue weighted by atomic mass is 15.0. The highest BCUT2D eigenvalue weighted by molar-refractivity contribution is 5.48. The summed E-state index contributed by atoms with van der Waals surface area (Å²) in [4.78, 5) is 8.58. The van der Waals surface area contributed by atoms with Crippen molar-refractivity contribution in [3.8, 4) is 0 Å². The Kier molecular flexibility index (Phi) is 2.17. The maximum atomic E-state index is 4.34. The first-order chi connectivity index (χ1) is 6.29. The van der Waals surface area contributed by atoms with E-state index in [2.05, 4.69) is 29.1 Å². The van der Waals surface area contributed by atoms with E-state index < -0.39 is 0 Å². The smallest absolute Gasteiger partial charge is 0.132 e. The number of hydrogen-bond acceptors (Lipinski definition) is 3. The molecular weight excluding hydrogens is 162 g/mol. The molecule has 2 heterocycles. The number of anilines is 1. The van der Waals surface area contributed by atoms with Crippen molar-refractivity contribution in [1.82, 2.24) is 9.97 Å². The first-order valence-corrected chi connectivity index (χ1v) is 4.86. The van der Waals surface area contributed by atoms with Crippen LogP contribution < -0.4 is 5.32 Å². The summed E-state index contributed by atoms with van der Waals surface area (Å²) in [7, 11) is 0. The fraction of sp³-hybridized carbons (Fsp3) is 0.600. The SMILES string of the molecule is CC(C)c1ncnc2c1CCCN2. The van der Waals surface area contributed by atoms with Crippen LogP contribution in [0.1, 0.15) is 37.4 Å². The molecule has 0 aliphatic carbocycles. The lowest BCUT2D eigenvalue weighted by Crippen LogP contribution is -2.16. The molecule has 0 aromatic carbocycles. The van der Waals surface area contributed by atoms with Gasteiger partial charge in [0.05, 0.1) is 5.69 Å². The maximum absolute atomic E-state index is 4.34. The third-order valence-corrected chi connectivity index (χ3v) is 2.42. The average Bonchev–Trinajstić information content (AvgIpc) is 2.17. The molecule has 3 nitrogen and oxygen atoms in total. The predicted molar refractivity (Wildman–Crippen MR) is 52.9 cm³/mol. The summed E-state index contributed by atoms with van der Waals surface area (Å²) in [5, 5.41) is 3.31. The average molecular weight is 177 g/mol. The van der Waals surface area contributed by atoms with Crippen molar-refractivity contribution in [3.05, 3.63) is 17.6 Å². The molecule has 0 saturated heterocycles. The zero-order valence-electron chi connectivity index (χ0n) is 8.17.